The third-order valence-electron chi connectivity index (χ3n) is 2.42. The molecule has 1 unspecified atom stereocenters. The van der Waals surface area contributed by atoms with Crippen LogP contribution in [0.2, 0.25) is 0 Å². The molecule has 1 aromatic heterocycles. The normalized spacial score (nSPS) is 22.3. The van der Waals surface area contributed by atoms with Gasteiger partial charge in [-0.25, -0.2) is 0 Å². The van der Waals surface area contributed by atoms with E-state index >= 15 is 0 Å². The molecule has 1 atom stereocenters. The lowest BCUT2D eigenvalue weighted by atomic mass is 10.0. The fourth-order valence-corrected chi connectivity index (χ4v) is 1.68. The summed E-state index contributed by atoms with van der Waals surface area (Å²) in [5.41, 5.74) is 1.75. The number of allylic oxidation sites excluding steroid dienone is 1. The van der Waals surface area contributed by atoms with E-state index in [4.69, 9.17) is 0 Å². The van der Waals surface area contributed by atoms with E-state index in [0.29, 0.717) is 6.42 Å². The van der Waals surface area contributed by atoms with Crippen molar-refractivity contribution in [1.82, 2.24) is 4.98 Å². The van der Waals surface area contributed by atoms with Gasteiger partial charge >= 0.3 is 0 Å². The molecule has 1 heterocycles. The number of pyridine rings is 1. The zero-order valence-electron chi connectivity index (χ0n) is 7.36. The number of ketones is 1. The second-order valence-electron chi connectivity index (χ2n) is 3.39. The molecular weight excluding hydrogens is 162 g/mol. The van der Waals surface area contributed by atoms with Crippen molar-refractivity contribution in [2.45, 2.75) is 18.8 Å². The summed E-state index contributed by atoms with van der Waals surface area (Å²) in [6, 6.07) is 5.81. The number of nitrogens with zero attached hydrogens (tertiary/aromatic N) is 1. The Kier molecular flexibility index (Phi) is 1.97. The number of hydrogen-bond acceptors (Lipinski definition) is 2. The first-order valence-corrected chi connectivity index (χ1v) is 4.39. The van der Waals surface area contributed by atoms with E-state index in [-0.39, 0.29) is 11.7 Å². The molecule has 2 nitrogen and oxygen atoms in total. The number of Topliss-reactive ketones (excluding diaryl/α,β-unsaturated/α-hetero) is 1. The Morgan fingerprint density at radius 3 is 2.77 bits per heavy atom. The Bertz CT molecular complexity index is 326. The van der Waals surface area contributed by atoms with Crippen LogP contribution in [0, 0.1) is 0 Å². The quantitative estimate of drug-likeness (QED) is 0.608. The third-order valence-corrected chi connectivity index (χ3v) is 2.42. The monoisotopic (exact) mass is 173 g/mol. The van der Waals surface area contributed by atoms with Gasteiger partial charge in [0.25, 0.3) is 0 Å². The highest BCUT2D eigenvalue weighted by Crippen LogP contribution is 2.33. The molecular formula is C11H11NO. The second kappa shape index (κ2) is 3.13. The zero-order chi connectivity index (χ0) is 9.26. The van der Waals surface area contributed by atoms with Gasteiger partial charge < -0.3 is 0 Å². The highest BCUT2D eigenvalue weighted by Gasteiger charge is 2.27. The fraction of sp³-hybridized carbons (Fsp3) is 0.273. The van der Waals surface area contributed by atoms with E-state index in [9.17, 15) is 4.79 Å². The van der Waals surface area contributed by atoms with Gasteiger partial charge in [0.1, 0.15) is 0 Å². The van der Waals surface area contributed by atoms with Crippen molar-refractivity contribution in [2.75, 3.05) is 0 Å². The first-order valence-electron chi connectivity index (χ1n) is 4.39. The summed E-state index contributed by atoms with van der Waals surface area (Å²) >= 11 is 0. The zero-order valence-corrected chi connectivity index (χ0v) is 7.36. The Balaban J connectivity index is 2.21. The minimum Gasteiger partial charge on any atom is -0.295 e. The van der Waals surface area contributed by atoms with Crippen molar-refractivity contribution >= 4 is 5.78 Å². The number of carbonyl (C=O) groups is 1. The van der Waals surface area contributed by atoms with Gasteiger partial charge in [0.05, 0.1) is 0 Å². The number of carbonyl (C=O) groups excluding carboxylic acids is 1. The van der Waals surface area contributed by atoms with Gasteiger partial charge in [-0.3, -0.25) is 9.78 Å². The molecule has 1 saturated carbocycles. The number of aromatic nitrogens is 1. The molecule has 1 aliphatic rings. The molecule has 0 radical (unpaired) electrons. The third kappa shape index (κ3) is 1.52. The van der Waals surface area contributed by atoms with Gasteiger partial charge in [-0.1, -0.05) is 12.6 Å². The van der Waals surface area contributed by atoms with Crippen LogP contribution in [0.5, 0.6) is 0 Å². The molecule has 66 valence electrons. The van der Waals surface area contributed by atoms with Crippen LogP contribution in [0.3, 0.4) is 0 Å². The van der Waals surface area contributed by atoms with E-state index in [0.717, 1.165) is 17.7 Å². The number of hydrogen-bond donors (Lipinski definition) is 0. The Hall–Kier alpha value is -1.44. The lowest BCUT2D eigenvalue weighted by Gasteiger charge is -2.05. The van der Waals surface area contributed by atoms with E-state index in [2.05, 4.69) is 11.6 Å². The standard InChI is InChI=1S/C11H11NO/c1-8-6-9(7-11(8)13)10-4-2-3-5-12-10/h2-5,9H,1,6-7H2. The predicted octanol–water partition coefficient (Wildman–Crippen LogP) is 2.08. The number of rotatable bonds is 1. The van der Waals surface area contributed by atoms with Crippen molar-refractivity contribution in [3.05, 3.63) is 42.2 Å². The molecule has 0 spiro atoms. The van der Waals surface area contributed by atoms with Gasteiger partial charge in [-0.2, -0.15) is 0 Å². The van der Waals surface area contributed by atoms with E-state index in [1.165, 1.54) is 0 Å². The summed E-state index contributed by atoms with van der Waals surface area (Å²) < 4.78 is 0. The van der Waals surface area contributed by atoms with Crippen molar-refractivity contribution in [3.63, 3.8) is 0 Å². The average Bonchev–Trinajstić information content (AvgIpc) is 2.49. The van der Waals surface area contributed by atoms with Crippen LogP contribution in [-0.2, 0) is 4.79 Å². The van der Waals surface area contributed by atoms with Gasteiger partial charge in [0.15, 0.2) is 5.78 Å². The molecule has 0 amide bonds. The van der Waals surface area contributed by atoms with Gasteiger partial charge in [-0.05, 0) is 24.1 Å². The van der Waals surface area contributed by atoms with Crippen LogP contribution < -0.4 is 0 Å². The lowest BCUT2D eigenvalue weighted by Crippen LogP contribution is -1.96. The topological polar surface area (TPSA) is 30.0 Å². The van der Waals surface area contributed by atoms with Gasteiger partial charge in [0, 0.05) is 24.2 Å². The molecule has 2 rings (SSSR count). The van der Waals surface area contributed by atoms with Crippen LogP contribution >= 0.6 is 0 Å². The lowest BCUT2D eigenvalue weighted by molar-refractivity contribution is -0.114. The Morgan fingerprint density at radius 2 is 2.23 bits per heavy atom. The van der Waals surface area contributed by atoms with Crippen LogP contribution in [0.1, 0.15) is 24.5 Å². The highest BCUT2D eigenvalue weighted by atomic mass is 16.1. The van der Waals surface area contributed by atoms with E-state index < -0.39 is 0 Å². The average molecular weight is 173 g/mol. The van der Waals surface area contributed by atoms with Crippen molar-refractivity contribution in [1.29, 1.82) is 0 Å². The van der Waals surface area contributed by atoms with Crippen molar-refractivity contribution in [3.8, 4) is 0 Å². The summed E-state index contributed by atoms with van der Waals surface area (Å²) in [4.78, 5) is 15.5. The SMILES string of the molecule is C=C1CC(c2ccccn2)CC1=O. The van der Waals surface area contributed by atoms with Crippen LogP contribution in [0.4, 0.5) is 0 Å². The molecule has 1 fully saturated rings. The summed E-state index contributed by atoms with van der Waals surface area (Å²) in [7, 11) is 0. The minimum absolute atomic E-state index is 0.190. The van der Waals surface area contributed by atoms with Crippen molar-refractivity contribution < 1.29 is 4.79 Å². The first kappa shape index (κ1) is 8.17. The van der Waals surface area contributed by atoms with Crippen LogP contribution in [0.25, 0.3) is 0 Å². The Labute approximate surface area is 77.3 Å². The van der Waals surface area contributed by atoms with E-state index in [1.54, 1.807) is 6.20 Å². The Morgan fingerprint density at radius 1 is 1.38 bits per heavy atom. The molecule has 0 saturated heterocycles. The maximum atomic E-state index is 11.2. The largest absolute Gasteiger partial charge is 0.295 e. The molecule has 0 aliphatic heterocycles. The summed E-state index contributed by atoms with van der Waals surface area (Å²) in [6.07, 6.45) is 3.12. The van der Waals surface area contributed by atoms with Crippen molar-refractivity contribution in [2.24, 2.45) is 0 Å². The molecule has 13 heavy (non-hydrogen) atoms. The highest BCUT2D eigenvalue weighted by molar-refractivity contribution is 5.97. The summed E-state index contributed by atoms with van der Waals surface area (Å²) in [5.74, 6) is 0.455. The molecule has 0 aromatic carbocycles. The predicted molar refractivity (Wildman–Crippen MR) is 50.4 cm³/mol. The molecule has 1 aromatic rings. The maximum Gasteiger partial charge on any atom is 0.158 e. The second-order valence-corrected chi connectivity index (χ2v) is 3.39. The maximum absolute atomic E-state index is 11.2. The molecule has 2 heteroatoms. The molecule has 0 bridgehead atoms. The minimum atomic E-state index is 0.190. The van der Waals surface area contributed by atoms with Gasteiger partial charge in [-0.15, -0.1) is 0 Å². The molecule has 1 aliphatic carbocycles. The fourth-order valence-electron chi connectivity index (χ4n) is 1.68. The molecule has 0 N–H and O–H groups in total. The summed E-state index contributed by atoms with van der Waals surface area (Å²) in [5, 5.41) is 0. The van der Waals surface area contributed by atoms with Crippen LogP contribution in [0.15, 0.2) is 36.5 Å². The van der Waals surface area contributed by atoms with Gasteiger partial charge in [0.2, 0.25) is 0 Å². The first-order chi connectivity index (χ1) is 6.27. The van der Waals surface area contributed by atoms with E-state index in [1.807, 2.05) is 18.2 Å². The van der Waals surface area contributed by atoms with Crippen LogP contribution in [-0.4, -0.2) is 10.8 Å². The smallest absolute Gasteiger partial charge is 0.158 e. The summed E-state index contributed by atoms with van der Waals surface area (Å²) in [6.45, 7) is 3.73.